The number of carboxylic acid groups (broad SMARTS) is 1. The van der Waals surface area contributed by atoms with Crippen molar-refractivity contribution in [2.24, 2.45) is 5.92 Å². The Hall–Kier alpha value is -1.44. The molecule has 0 radical (unpaired) electrons. The fourth-order valence-electron chi connectivity index (χ4n) is 3.78. The monoisotopic (exact) mass is 337 g/mol. The Morgan fingerprint density at radius 2 is 2.17 bits per heavy atom. The number of carboxylic acids is 1. The predicted molar refractivity (Wildman–Crippen MR) is 90.3 cm³/mol. The zero-order valence-corrected chi connectivity index (χ0v) is 14.1. The lowest BCUT2D eigenvalue weighted by Gasteiger charge is -2.19. The summed E-state index contributed by atoms with van der Waals surface area (Å²) in [6.45, 7) is 1.95. The molecule has 0 spiro atoms. The molecule has 7 heteroatoms. The van der Waals surface area contributed by atoms with Crippen molar-refractivity contribution in [1.82, 2.24) is 5.32 Å². The number of benzene rings is 1. The number of fused-ring (bicyclic) bond motifs is 1. The Morgan fingerprint density at radius 1 is 1.46 bits per heavy atom. The van der Waals surface area contributed by atoms with Crippen LogP contribution in [0, 0.1) is 11.7 Å². The van der Waals surface area contributed by atoms with Crippen molar-refractivity contribution in [3.8, 4) is 0 Å². The third kappa shape index (κ3) is 3.96. The third-order valence-electron chi connectivity index (χ3n) is 4.98. The number of nitrogens with one attached hydrogen (secondary N) is 1. The molecule has 0 fully saturated rings. The molecule has 24 heavy (non-hydrogen) atoms. The highest BCUT2D eigenvalue weighted by Gasteiger charge is 2.38. The summed E-state index contributed by atoms with van der Waals surface area (Å²) in [7, 11) is 0.389. The minimum absolute atomic E-state index is 0.138. The molecule has 0 saturated heterocycles. The highest BCUT2D eigenvalue weighted by Crippen LogP contribution is 2.42. The molecular weight excluding hydrogens is 312 g/mol. The molecule has 0 aromatic heterocycles. The number of carbonyl (C=O) groups is 1. The zero-order chi connectivity index (χ0) is 17.9. The van der Waals surface area contributed by atoms with Crippen LogP contribution in [0.1, 0.15) is 54.8 Å². The smallest absolute Gasteiger partial charge is 0.451 e. The van der Waals surface area contributed by atoms with Gasteiger partial charge in [0.1, 0.15) is 5.82 Å². The summed E-state index contributed by atoms with van der Waals surface area (Å²) in [5, 5.41) is 30.6. The summed E-state index contributed by atoms with van der Waals surface area (Å²) >= 11 is 0. The van der Waals surface area contributed by atoms with Crippen LogP contribution in [-0.2, 0) is 11.2 Å². The summed E-state index contributed by atoms with van der Waals surface area (Å²) in [6.07, 6.45) is 2.55. The second-order valence-electron chi connectivity index (χ2n) is 6.51. The molecule has 1 aromatic carbocycles. The van der Waals surface area contributed by atoms with E-state index in [1.54, 1.807) is 13.1 Å². The molecule has 1 aliphatic carbocycles. The van der Waals surface area contributed by atoms with Crippen molar-refractivity contribution < 1.29 is 24.3 Å². The van der Waals surface area contributed by atoms with E-state index in [2.05, 4.69) is 5.32 Å². The van der Waals surface area contributed by atoms with E-state index in [9.17, 15) is 14.3 Å². The fourth-order valence-corrected chi connectivity index (χ4v) is 3.78. The Labute approximate surface area is 142 Å². The van der Waals surface area contributed by atoms with E-state index in [0.717, 1.165) is 5.56 Å². The Kier molecular flexibility index (Phi) is 6.37. The maximum absolute atomic E-state index is 14.4. The van der Waals surface area contributed by atoms with E-state index >= 15 is 0 Å². The SMILES string of the molecule is CC[C@H](NC)c1cc2c(cc1F)C[C@H](CCCB(O)O)[C@@H]2C(=O)O. The van der Waals surface area contributed by atoms with Crippen molar-refractivity contribution in [3.63, 3.8) is 0 Å². The molecule has 0 bridgehead atoms. The summed E-state index contributed by atoms with van der Waals surface area (Å²) in [5.41, 5.74) is 1.96. The molecule has 2 rings (SSSR count). The van der Waals surface area contributed by atoms with E-state index in [1.165, 1.54) is 6.07 Å². The van der Waals surface area contributed by atoms with E-state index in [1.807, 2.05) is 6.92 Å². The maximum atomic E-state index is 14.4. The average molecular weight is 337 g/mol. The topological polar surface area (TPSA) is 89.8 Å². The molecule has 0 heterocycles. The van der Waals surface area contributed by atoms with Crippen molar-refractivity contribution >= 4 is 13.1 Å². The molecule has 0 unspecified atom stereocenters. The summed E-state index contributed by atoms with van der Waals surface area (Å²) in [6, 6.07) is 3.03. The maximum Gasteiger partial charge on any atom is 0.451 e. The van der Waals surface area contributed by atoms with Crippen molar-refractivity contribution in [2.45, 2.75) is 50.9 Å². The van der Waals surface area contributed by atoms with E-state index in [0.29, 0.717) is 36.8 Å². The van der Waals surface area contributed by atoms with Gasteiger partial charge in [-0.25, -0.2) is 4.39 Å². The minimum Gasteiger partial charge on any atom is -0.481 e. The van der Waals surface area contributed by atoms with Gasteiger partial charge in [-0.2, -0.15) is 0 Å². The van der Waals surface area contributed by atoms with Gasteiger partial charge in [-0.1, -0.05) is 19.4 Å². The lowest BCUT2D eigenvalue weighted by Crippen LogP contribution is -2.20. The van der Waals surface area contributed by atoms with Crippen LogP contribution < -0.4 is 5.32 Å². The van der Waals surface area contributed by atoms with Crippen LogP contribution in [0.3, 0.4) is 0 Å². The first-order valence-corrected chi connectivity index (χ1v) is 8.47. The van der Waals surface area contributed by atoms with Gasteiger partial charge in [0.05, 0.1) is 5.92 Å². The van der Waals surface area contributed by atoms with Gasteiger partial charge >= 0.3 is 13.1 Å². The van der Waals surface area contributed by atoms with Crippen LogP contribution in [0.4, 0.5) is 4.39 Å². The van der Waals surface area contributed by atoms with Crippen molar-refractivity contribution in [3.05, 3.63) is 34.6 Å². The van der Waals surface area contributed by atoms with Crippen LogP contribution in [0.25, 0.3) is 0 Å². The first-order valence-electron chi connectivity index (χ1n) is 8.47. The number of halogens is 1. The first kappa shape index (κ1) is 18.9. The van der Waals surface area contributed by atoms with Crippen molar-refractivity contribution in [2.75, 3.05) is 7.05 Å². The second kappa shape index (κ2) is 8.10. The predicted octanol–water partition coefficient (Wildman–Crippen LogP) is 2.09. The molecule has 1 aliphatic rings. The Morgan fingerprint density at radius 3 is 2.71 bits per heavy atom. The summed E-state index contributed by atoms with van der Waals surface area (Å²) in [5.74, 6) is -2.01. The quantitative estimate of drug-likeness (QED) is 0.546. The van der Waals surface area contributed by atoms with Gasteiger partial charge in [0.15, 0.2) is 0 Å². The van der Waals surface area contributed by atoms with E-state index in [-0.39, 0.29) is 24.1 Å². The molecule has 0 amide bonds. The minimum atomic E-state index is -1.37. The number of hydrogen-bond acceptors (Lipinski definition) is 4. The first-order chi connectivity index (χ1) is 11.4. The van der Waals surface area contributed by atoms with Crippen molar-refractivity contribution in [1.29, 1.82) is 0 Å². The molecule has 132 valence electrons. The molecule has 1 aromatic rings. The summed E-state index contributed by atoms with van der Waals surface area (Å²) < 4.78 is 14.4. The van der Waals surface area contributed by atoms with Crippen LogP contribution in [0.15, 0.2) is 12.1 Å². The lowest BCUT2D eigenvalue weighted by atomic mass is 9.80. The van der Waals surface area contributed by atoms with Crippen LogP contribution in [-0.4, -0.2) is 35.3 Å². The van der Waals surface area contributed by atoms with Gasteiger partial charge < -0.3 is 20.5 Å². The molecule has 0 saturated carbocycles. The van der Waals surface area contributed by atoms with Gasteiger partial charge in [0.2, 0.25) is 0 Å². The number of aliphatic carboxylic acids is 1. The van der Waals surface area contributed by atoms with E-state index in [4.69, 9.17) is 10.0 Å². The average Bonchev–Trinajstić information content (AvgIpc) is 2.85. The van der Waals surface area contributed by atoms with Crippen LogP contribution in [0.2, 0.25) is 6.32 Å². The second-order valence-corrected chi connectivity index (χ2v) is 6.51. The van der Waals surface area contributed by atoms with Gasteiger partial charge in [-0.15, -0.1) is 0 Å². The molecule has 4 N–H and O–H groups in total. The lowest BCUT2D eigenvalue weighted by molar-refractivity contribution is -0.139. The van der Waals surface area contributed by atoms with Crippen LogP contribution in [0.5, 0.6) is 0 Å². The molecule has 5 nitrogen and oxygen atoms in total. The van der Waals surface area contributed by atoms with Gasteiger partial charge in [-0.3, -0.25) is 4.79 Å². The number of hydrogen-bond donors (Lipinski definition) is 4. The molecule has 0 aliphatic heterocycles. The normalized spacial score (nSPS) is 20.7. The standard InChI is InChI=1S/C17H25BFNO4/c1-3-15(20-2)13-9-12-11(8-14(13)19)7-10(16(12)17(21)22)5-4-6-18(23)24/h8-10,15-16,20,23-24H,3-7H2,1-2H3,(H,21,22)/t10-,15-,16-/m0/s1. The highest BCUT2D eigenvalue weighted by molar-refractivity contribution is 6.40. The largest absolute Gasteiger partial charge is 0.481 e. The molecule has 3 atom stereocenters. The van der Waals surface area contributed by atoms with Gasteiger partial charge in [0.25, 0.3) is 0 Å². The third-order valence-corrected chi connectivity index (χ3v) is 4.98. The van der Waals surface area contributed by atoms with E-state index < -0.39 is 19.0 Å². The zero-order valence-electron chi connectivity index (χ0n) is 14.1. The number of rotatable bonds is 8. The highest BCUT2D eigenvalue weighted by atomic mass is 19.1. The fraction of sp³-hybridized carbons (Fsp3) is 0.588. The Balaban J connectivity index is 2.29. The van der Waals surface area contributed by atoms with Gasteiger partial charge in [-0.05, 0) is 55.7 Å². The van der Waals surface area contributed by atoms with Gasteiger partial charge in [0, 0.05) is 11.6 Å². The summed E-state index contributed by atoms with van der Waals surface area (Å²) in [4.78, 5) is 11.8. The Bertz CT molecular complexity index is 592. The molecular formula is C17H25BFNO4. The van der Waals surface area contributed by atoms with Crippen LogP contribution >= 0.6 is 0 Å².